The van der Waals surface area contributed by atoms with Gasteiger partial charge in [-0.25, -0.2) is 18.0 Å². The number of furan rings is 1. The van der Waals surface area contributed by atoms with Crippen LogP contribution in [0, 0.1) is 13.8 Å². The van der Waals surface area contributed by atoms with Crippen molar-refractivity contribution in [2.75, 3.05) is 39.8 Å². The topological polar surface area (TPSA) is 127 Å². The summed E-state index contributed by atoms with van der Waals surface area (Å²) >= 11 is 0. The molecule has 190 valence electrons. The number of piperazine rings is 1. The highest BCUT2D eigenvalue weighted by Crippen LogP contribution is 2.31. The molecule has 0 N–H and O–H groups in total. The second-order valence-electron chi connectivity index (χ2n) is 9.47. The Morgan fingerprint density at radius 1 is 1.00 bits per heavy atom. The first-order chi connectivity index (χ1) is 15.8. The summed E-state index contributed by atoms with van der Waals surface area (Å²) in [7, 11) is -2.88. The fourth-order valence-corrected chi connectivity index (χ4v) is 6.16. The van der Waals surface area contributed by atoms with E-state index in [0.29, 0.717) is 19.4 Å². The molecule has 3 rings (SSSR count). The molecule has 1 aromatic rings. The van der Waals surface area contributed by atoms with E-state index >= 15 is 0 Å². The molecule has 0 aromatic carbocycles. The SMILES string of the molecule is COC(=O)c1c(C)oc(C)c1S(=O)(=O)N1CCN(C(=O)[C@@H]2CCCN2C(=O)OC(C)(C)C)CC1. The van der Waals surface area contributed by atoms with Crippen LogP contribution in [0.2, 0.25) is 0 Å². The minimum Gasteiger partial charge on any atom is -0.465 e. The maximum absolute atomic E-state index is 13.4. The van der Waals surface area contributed by atoms with Crippen LogP contribution in [0.3, 0.4) is 0 Å². The zero-order valence-electron chi connectivity index (χ0n) is 20.5. The van der Waals surface area contributed by atoms with Crippen LogP contribution in [0.15, 0.2) is 9.31 Å². The van der Waals surface area contributed by atoms with Gasteiger partial charge in [0.25, 0.3) is 0 Å². The molecular weight excluding hydrogens is 466 g/mol. The maximum Gasteiger partial charge on any atom is 0.410 e. The highest BCUT2D eigenvalue weighted by molar-refractivity contribution is 7.89. The van der Waals surface area contributed by atoms with Crippen LogP contribution in [-0.2, 0) is 24.3 Å². The van der Waals surface area contributed by atoms with Gasteiger partial charge >= 0.3 is 12.1 Å². The number of esters is 1. The molecule has 1 aromatic heterocycles. The normalized spacial score (nSPS) is 19.9. The van der Waals surface area contributed by atoms with Crippen molar-refractivity contribution < 1.29 is 36.7 Å². The molecule has 1 atom stereocenters. The van der Waals surface area contributed by atoms with Gasteiger partial charge in [-0.15, -0.1) is 0 Å². The number of carbonyl (C=O) groups excluding carboxylic acids is 3. The summed E-state index contributed by atoms with van der Waals surface area (Å²) < 4.78 is 43.5. The predicted octanol–water partition coefficient (Wildman–Crippen LogP) is 1.92. The fraction of sp³-hybridized carbons (Fsp3) is 0.682. The molecule has 2 aliphatic heterocycles. The molecule has 12 heteroatoms. The molecule has 11 nitrogen and oxygen atoms in total. The lowest BCUT2D eigenvalue weighted by Gasteiger charge is -2.37. The van der Waals surface area contributed by atoms with Gasteiger partial charge in [-0.05, 0) is 47.5 Å². The number of likely N-dealkylation sites (tertiary alicyclic amines) is 1. The Hall–Kier alpha value is -2.60. The van der Waals surface area contributed by atoms with E-state index in [-0.39, 0.29) is 54.1 Å². The van der Waals surface area contributed by atoms with Crippen LogP contribution in [0.4, 0.5) is 4.79 Å². The van der Waals surface area contributed by atoms with E-state index in [9.17, 15) is 22.8 Å². The number of sulfonamides is 1. The molecule has 0 radical (unpaired) electrons. The standard InChI is InChI=1S/C22H33N3O8S/c1-14-17(20(27)31-6)18(15(2)32-14)34(29,30)24-12-10-23(11-13-24)19(26)16-8-7-9-25(16)21(28)33-22(3,4)5/h16H,7-13H2,1-6H3/t16-/m0/s1. The van der Waals surface area contributed by atoms with Gasteiger partial charge in [0, 0.05) is 32.7 Å². The van der Waals surface area contributed by atoms with Crippen molar-refractivity contribution in [3.8, 4) is 0 Å². The van der Waals surface area contributed by atoms with Gasteiger partial charge in [-0.1, -0.05) is 0 Å². The number of carbonyl (C=O) groups is 3. The zero-order valence-corrected chi connectivity index (χ0v) is 21.4. The number of hydrogen-bond donors (Lipinski definition) is 0. The minimum atomic E-state index is -4.05. The van der Waals surface area contributed by atoms with E-state index in [1.54, 1.807) is 25.7 Å². The number of rotatable bonds is 4. The van der Waals surface area contributed by atoms with E-state index in [4.69, 9.17) is 13.9 Å². The van der Waals surface area contributed by atoms with Gasteiger partial charge in [0.05, 0.1) is 7.11 Å². The minimum absolute atomic E-state index is 0.0531. The highest BCUT2D eigenvalue weighted by atomic mass is 32.2. The van der Waals surface area contributed by atoms with E-state index in [1.165, 1.54) is 30.2 Å². The molecule has 0 saturated carbocycles. The average molecular weight is 500 g/mol. The van der Waals surface area contributed by atoms with Gasteiger partial charge in [0.1, 0.15) is 33.6 Å². The third-order valence-corrected chi connectivity index (χ3v) is 7.96. The van der Waals surface area contributed by atoms with Crippen LogP contribution in [0.1, 0.15) is 55.5 Å². The van der Waals surface area contributed by atoms with Crippen molar-refractivity contribution in [3.05, 3.63) is 17.1 Å². The summed E-state index contributed by atoms with van der Waals surface area (Å²) in [5.74, 6) is -0.730. The smallest absolute Gasteiger partial charge is 0.410 e. The van der Waals surface area contributed by atoms with Crippen LogP contribution in [-0.4, -0.2) is 92.0 Å². The molecule has 2 fully saturated rings. The third-order valence-electron chi connectivity index (χ3n) is 5.91. The maximum atomic E-state index is 13.4. The summed E-state index contributed by atoms with van der Waals surface area (Å²) in [6.07, 6.45) is 0.706. The summed E-state index contributed by atoms with van der Waals surface area (Å²) in [6, 6.07) is -0.622. The molecule has 0 aliphatic carbocycles. The van der Waals surface area contributed by atoms with Gasteiger partial charge in [-0.2, -0.15) is 4.31 Å². The number of hydrogen-bond acceptors (Lipinski definition) is 8. The van der Waals surface area contributed by atoms with E-state index in [0.717, 1.165) is 0 Å². The number of methoxy groups -OCH3 is 1. The number of nitrogens with zero attached hydrogens (tertiary/aromatic N) is 3. The van der Waals surface area contributed by atoms with Gasteiger partial charge in [0.15, 0.2) is 0 Å². The van der Waals surface area contributed by atoms with Crippen molar-refractivity contribution in [3.63, 3.8) is 0 Å². The summed E-state index contributed by atoms with van der Waals surface area (Å²) in [6.45, 7) is 9.18. The molecular formula is C22H33N3O8S. The number of ether oxygens (including phenoxy) is 2. The average Bonchev–Trinajstić information content (AvgIpc) is 3.36. The van der Waals surface area contributed by atoms with Crippen LogP contribution in [0.5, 0.6) is 0 Å². The Morgan fingerprint density at radius 2 is 1.62 bits per heavy atom. The number of aryl methyl sites for hydroxylation is 2. The van der Waals surface area contributed by atoms with Crippen LogP contribution in [0.25, 0.3) is 0 Å². The second kappa shape index (κ2) is 9.57. The first-order valence-electron chi connectivity index (χ1n) is 11.2. The van der Waals surface area contributed by atoms with Crippen molar-refractivity contribution in [1.82, 2.24) is 14.1 Å². The van der Waals surface area contributed by atoms with E-state index < -0.39 is 33.7 Å². The Kier molecular flexibility index (Phi) is 7.32. The first kappa shape index (κ1) is 26.0. The third kappa shape index (κ3) is 5.07. The quantitative estimate of drug-likeness (QED) is 0.575. The van der Waals surface area contributed by atoms with E-state index in [1.807, 2.05) is 0 Å². The lowest BCUT2D eigenvalue weighted by Crippen LogP contribution is -2.55. The Morgan fingerprint density at radius 3 is 2.18 bits per heavy atom. The highest BCUT2D eigenvalue weighted by Gasteiger charge is 2.41. The van der Waals surface area contributed by atoms with Gasteiger partial charge < -0.3 is 18.8 Å². The molecule has 3 heterocycles. The fourth-order valence-electron chi connectivity index (χ4n) is 4.36. The Balaban J connectivity index is 1.71. The molecule has 34 heavy (non-hydrogen) atoms. The Labute approximate surface area is 200 Å². The Bertz CT molecular complexity index is 1060. The molecule has 2 aliphatic rings. The second-order valence-corrected chi connectivity index (χ2v) is 11.3. The van der Waals surface area contributed by atoms with E-state index in [2.05, 4.69) is 0 Å². The lowest BCUT2D eigenvalue weighted by molar-refractivity contribution is -0.137. The monoisotopic (exact) mass is 499 g/mol. The molecule has 0 bridgehead atoms. The van der Waals surface area contributed by atoms with Crippen molar-refractivity contribution in [2.45, 2.75) is 64.0 Å². The van der Waals surface area contributed by atoms with Crippen LogP contribution >= 0.6 is 0 Å². The largest absolute Gasteiger partial charge is 0.465 e. The summed E-state index contributed by atoms with van der Waals surface area (Å²) in [5.41, 5.74) is -0.780. The predicted molar refractivity (Wildman–Crippen MR) is 121 cm³/mol. The van der Waals surface area contributed by atoms with Crippen molar-refractivity contribution >= 4 is 28.0 Å². The molecule has 2 saturated heterocycles. The first-order valence-corrected chi connectivity index (χ1v) is 12.7. The zero-order chi connectivity index (χ0) is 25.4. The van der Waals surface area contributed by atoms with Crippen molar-refractivity contribution in [1.29, 1.82) is 0 Å². The van der Waals surface area contributed by atoms with Gasteiger partial charge in [0.2, 0.25) is 15.9 Å². The number of amides is 2. The van der Waals surface area contributed by atoms with Crippen LogP contribution < -0.4 is 0 Å². The van der Waals surface area contributed by atoms with Gasteiger partial charge in [-0.3, -0.25) is 9.69 Å². The molecule has 2 amide bonds. The summed E-state index contributed by atoms with van der Waals surface area (Å²) in [4.78, 5) is 40.7. The lowest BCUT2D eigenvalue weighted by atomic mass is 10.1. The molecule has 0 spiro atoms. The van der Waals surface area contributed by atoms with Crippen molar-refractivity contribution in [2.24, 2.45) is 0 Å². The molecule has 0 unspecified atom stereocenters. The summed E-state index contributed by atoms with van der Waals surface area (Å²) in [5, 5.41) is 0.